The van der Waals surface area contributed by atoms with Gasteiger partial charge in [-0.25, -0.2) is 14.8 Å². The predicted molar refractivity (Wildman–Crippen MR) is 97.7 cm³/mol. The molecule has 25 heavy (non-hydrogen) atoms. The van der Waals surface area contributed by atoms with Gasteiger partial charge < -0.3 is 14.9 Å². The molecule has 0 unspecified atom stereocenters. The first-order valence-electron chi connectivity index (χ1n) is 8.11. The van der Waals surface area contributed by atoms with Crippen LogP contribution in [-0.4, -0.2) is 52.2 Å². The number of fused-ring (bicyclic) bond motifs is 1. The van der Waals surface area contributed by atoms with Gasteiger partial charge in [-0.05, 0) is 18.6 Å². The summed E-state index contributed by atoms with van der Waals surface area (Å²) in [4.78, 5) is 28.4. The Kier molecular flexibility index (Phi) is 4.19. The number of anilines is 2. The molecule has 128 valence electrons. The zero-order valence-corrected chi connectivity index (χ0v) is 14.3. The molecule has 8 heteroatoms. The average Bonchev–Trinajstić information content (AvgIpc) is 2.91. The van der Waals surface area contributed by atoms with Crippen molar-refractivity contribution in [3.63, 3.8) is 0 Å². The quantitative estimate of drug-likeness (QED) is 0.773. The van der Waals surface area contributed by atoms with Crippen LogP contribution < -0.4 is 9.80 Å². The SMILES string of the molecule is O=C(O)c1cncc(N2CCCN(c3nc4ccccc4s3)CC2)n1. The molecule has 0 amide bonds. The number of aromatic carboxylic acids is 1. The highest BCUT2D eigenvalue weighted by atomic mass is 32.1. The normalized spacial score (nSPS) is 15.4. The molecule has 0 aliphatic carbocycles. The van der Waals surface area contributed by atoms with Gasteiger partial charge in [0.25, 0.3) is 0 Å². The summed E-state index contributed by atoms with van der Waals surface area (Å²) in [6, 6.07) is 8.16. The van der Waals surface area contributed by atoms with Crippen LogP contribution in [0.5, 0.6) is 0 Å². The molecule has 1 aromatic carbocycles. The van der Waals surface area contributed by atoms with Gasteiger partial charge in [0.2, 0.25) is 0 Å². The summed E-state index contributed by atoms with van der Waals surface area (Å²) in [6.07, 6.45) is 3.85. The molecule has 3 aromatic rings. The summed E-state index contributed by atoms with van der Waals surface area (Å²) >= 11 is 1.71. The topological polar surface area (TPSA) is 82.5 Å². The molecule has 0 radical (unpaired) electrons. The van der Waals surface area contributed by atoms with E-state index in [9.17, 15) is 4.79 Å². The molecule has 1 saturated heterocycles. The van der Waals surface area contributed by atoms with E-state index >= 15 is 0 Å². The second-order valence-corrected chi connectivity index (χ2v) is 6.87. The molecule has 4 rings (SSSR count). The first kappa shape index (κ1) is 15.8. The second kappa shape index (κ2) is 6.64. The van der Waals surface area contributed by atoms with E-state index in [-0.39, 0.29) is 5.69 Å². The van der Waals surface area contributed by atoms with Crippen LogP contribution in [0, 0.1) is 0 Å². The molecule has 1 N–H and O–H groups in total. The molecule has 0 atom stereocenters. The van der Waals surface area contributed by atoms with Crippen molar-refractivity contribution in [1.82, 2.24) is 15.0 Å². The van der Waals surface area contributed by atoms with E-state index in [4.69, 9.17) is 10.1 Å². The Hall–Kier alpha value is -2.74. The van der Waals surface area contributed by atoms with Crippen molar-refractivity contribution in [3.8, 4) is 0 Å². The highest BCUT2D eigenvalue weighted by Crippen LogP contribution is 2.29. The molecular weight excluding hydrogens is 338 g/mol. The fourth-order valence-corrected chi connectivity index (χ4v) is 3.96. The maximum atomic E-state index is 11.1. The largest absolute Gasteiger partial charge is 0.476 e. The van der Waals surface area contributed by atoms with E-state index < -0.39 is 5.97 Å². The zero-order valence-electron chi connectivity index (χ0n) is 13.5. The van der Waals surface area contributed by atoms with Gasteiger partial charge in [-0.2, -0.15) is 0 Å². The summed E-state index contributed by atoms with van der Waals surface area (Å²) in [6.45, 7) is 3.31. The summed E-state index contributed by atoms with van der Waals surface area (Å²) in [5.41, 5.74) is 1.01. The Bertz CT molecular complexity index is 880. The Labute approximate surface area is 148 Å². The molecule has 1 aliphatic heterocycles. The lowest BCUT2D eigenvalue weighted by atomic mass is 10.3. The van der Waals surface area contributed by atoms with Crippen molar-refractivity contribution in [1.29, 1.82) is 0 Å². The molecule has 1 fully saturated rings. The number of benzene rings is 1. The lowest BCUT2D eigenvalue weighted by Gasteiger charge is -2.22. The van der Waals surface area contributed by atoms with Crippen molar-refractivity contribution < 1.29 is 9.90 Å². The summed E-state index contributed by atoms with van der Waals surface area (Å²) in [7, 11) is 0. The van der Waals surface area contributed by atoms with Gasteiger partial charge in [0.05, 0.1) is 22.6 Å². The van der Waals surface area contributed by atoms with Gasteiger partial charge in [-0.3, -0.25) is 4.98 Å². The molecule has 2 aromatic heterocycles. The number of carboxylic acid groups (broad SMARTS) is 1. The maximum Gasteiger partial charge on any atom is 0.356 e. The summed E-state index contributed by atoms with van der Waals surface area (Å²) in [5.74, 6) is -0.439. The third kappa shape index (κ3) is 3.25. The highest BCUT2D eigenvalue weighted by molar-refractivity contribution is 7.22. The van der Waals surface area contributed by atoms with E-state index in [1.807, 2.05) is 18.2 Å². The number of rotatable bonds is 3. The van der Waals surface area contributed by atoms with Crippen LogP contribution in [0.2, 0.25) is 0 Å². The minimum absolute atomic E-state index is 0.0234. The molecule has 1 aliphatic rings. The monoisotopic (exact) mass is 355 g/mol. The lowest BCUT2D eigenvalue weighted by Crippen LogP contribution is -2.31. The van der Waals surface area contributed by atoms with E-state index in [1.165, 1.54) is 10.9 Å². The predicted octanol–water partition coefficient (Wildman–Crippen LogP) is 2.50. The Morgan fingerprint density at radius 2 is 1.84 bits per heavy atom. The van der Waals surface area contributed by atoms with Crippen molar-refractivity contribution in [2.24, 2.45) is 0 Å². The van der Waals surface area contributed by atoms with Gasteiger partial charge in [0.15, 0.2) is 10.8 Å². The maximum absolute atomic E-state index is 11.1. The van der Waals surface area contributed by atoms with E-state index in [0.717, 1.165) is 43.2 Å². The average molecular weight is 355 g/mol. The fourth-order valence-electron chi connectivity index (χ4n) is 2.94. The van der Waals surface area contributed by atoms with E-state index in [1.54, 1.807) is 17.5 Å². The zero-order chi connectivity index (χ0) is 17.2. The van der Waals surface area contributed by atoms with Crippen molar-refractivity contribution in [2.45, 2.75) is 6.42 Å². The van der Waals surface area contributed by atoms with Gasteiger partial charge in [0, 0.05) is 26.2 Å². The van der Waals surface area contributed by atoms with Crippen LogP contribution in [-0.2, 0) is 0 Å². The van der Waals surface area contributed by atoms with Crippen LogP contribution in [0.1, 0.15) is 16.9 Å². The Balaban J connectivity index is 1.52. The molecule has 0 saturated carbocycles. The van der Waals surface area contributed by atoms with Gasteiger partial charge in [0.1, 0.15) is 5.82 Å². The molecular formula is C17H17N5O2S. The van der Waals surface area contributed by atoms with Crippen LogP contribution in [0.15, 0.2) is 36.7 Å². The number of thiazole rings is 1. The lowest BCUT2D eigenvalue weighted by molar-refractivity contribution is 0.0690. The van der Waals surface area contributed by atoms with E-state index in [0.29, 0.717) is 5.82 Å². The molecule has 3 heterocycles. The first-order valence-corrected chi connectivity index (χ1v) is 8.93. The van der Waals surface area contributed by atoms with Crippen molar-refractivity contribution in [3.05, 3.63) is 42.4 Å². The van der Waals surface area contributed by atoms with Crippen LogP contribution in [0.25, 0.3) is 10.2 Å². The number of carbonyl (C=O) groups is 1. The summed E-state index contributed by atoms with van der Waals surface area (Å²) in [5, 5.41) is 10.1. The number of hydrogen-bond acceptors (Lipinski definition) is 7. The van der Waals surface area contributed by atoms with Gasteiger partial charge in [-0.15, -0.1) is 0 Å². The number of para-hydroxylation sites is 1. The molecule has 0 spiro atoms. The van der Waals surface area contributed by atoms with Gasteiger partial charge >= 0.3 is 5.97 Å². The Morgan fingerprint density at radius 3 is 2.68 bits per heavy atom. The van der Waals surface area contributed by atoms with Crippen molar-refractivity contribution in [2.75, 3.05) is 36.0 Å². The molecule has 0 bridgehead atoms. The third-order valence-corrected chi connectivity index (χ3v) is 5.31. The third-order valence-electron chi connectivity index (χ3n) is 4.21. The van der Waals surface area contributed by atoms with Gasteiger partial charge in [-0.1, -0.05) is 23.5 Å². The smallest absolute Gasteiger partial charge is 0.356 e. The first-order chi connectivity index (χ1) is 12.2. The minimum Gasteiger partial charge on any atom is -0.476 e. The summed E-state index contributed by atoms with van der Waals surface area (Å²) < 4.78 is 1.19. The van der Waals surface area contributed by atoms with Crippen LogP contribution in [0.3, 0.4) is 0 Å². The van der Waals surface area contributed by atoms with E-state index in [2.05, 4.69) is 25.8 Å². The number of nitrogens with zero attached hydrogens (tertiary/aromatic N) is 5. The Morgan fingerprint density at radius 1 is 1.04 bits per heavy atom. The fraction of sp³-hybridized carbons (Fsp3) is 0.294. The number of carboxylic acids is 1. The van der Waals surface area contributed by atoms with Crippen molar-refractivity contribution >= 4 is 38.5 Å². The second-order valence-electron chi connectivity index (χ2n) is 5.86. The number of hydrogen-bond donors (Lipinski definition) is 1. The molecule has 7 nitrogen and oxygen atoms in total. The minimum atomic E-state index is -1.06. The highest BCUT2D eigenvalue weighted by Gasteiger charge is 2.19. The standard InChI is InChI=1S/C17H17N5O2S/c23-16(24)13-10-18-11-15(19-13)21-6-3-7-22(9-8-21)17-20-12-4-1-2-5-14(12)25-17/h1-2,4-5,10-11H,3,6-9H2,(H,23,24). The van der Waals surface area contributed by atoms with Crippen LogP contribution in [0.4, 0.5) is 10.9 Å². The number of aromatic nitrogens is 3. The van der Waals surface area contributed by atoms with Crippen LogP contribution >= 0.6 is 11.3 Å².